The van der Waals surface area contributed by atoms with Crippen molar-refractivity contribution in [3.05, 3.63) is 41.2 Å². The highest BCUT2D eigenvalue weighted by molar-refractivity contribution is 5.90. The molecule has 0 unspecified atom stereocenters. The van der Waals surface area contributed by atoms with Crippen LogP contribution in [0, 0.1) is 0 Å². The van der Waals surface area contributed by atoms with Crippen LogP contribution in [0.15, 0.2) is 24.3 Å². The SMILES string of the molecule is Nc1n[nH]c(C(=O)NCc2ccccc2CN2CCCC2=O)n1. The second-order valence-electron chi connectivity index (χ2n) is 5.41. The molecular formula is C15H18N6O2. The van der Waals surface area contributed by atoms with Crippen molar-refractivity contribution in [3.8, 4) is 0 Å². The van der Waals surface area contributed by atoms with Crippen LogP contribution in [0.4, 0.5) is 5.95 Å². The molecule has 2 heterocycles. The second kappa shape index (κ2) is 6.47. The predicted octanol–water partition coefficient (Wildman–Crippen LogP) is 0.439. The Kier molecular flexibility index (Phi) is 4.22. The summed E-state index contributed by atoms with van der Waals surface area (Å²) in [5, 5.41) is 8.87. The van der Waals surface area contributed by atoms with Gasteiger partial charge >= 0.3 is 0 Å². The number of carbonyl (C=O) groups is 2. The maximum Gasteiger partial charge on any atom is 0.288 e. The highest BCUT2D eigenvalue weighted by atomic mass is 16.2. The molecule has 1 saturated heterocycles. The van der Waals surface area contributed by atoms with Crippen molar-refractivity contribution in [2.45, 2.75) is 25.9 Å². The van der Waals surface area contributed by atoms with Crippen LogP contribution in [0.1, 0.15) is 34.6 Å². The molecule has 3 rings (SSSR count). The van der Waals surface area contributed by atoms with Gasteiger partial charge < -0.3 is 16.0 Å². The summed E-state index contributed by atoms with van der Waals surface area (Å²) in [6, 6.07) is 7.74. The van der Waals surface area contributed by atoms with Gasteiger partial charge in [-0.25, -0.2) is 0 Å². The van der Waals surface area contributed by atoms with Crippen molar-refractivity contribution < 1.29 is 9.59 Å². The Morgan fingerprint density at radius 1 is 1.35 bits per heavy atom. The van der Waals surface area contributed by atoms with Crippen molar-refractivity contribution in [3.63, 3.8) is 0 Å². The lowest BCUT2D eigenvalue weighted by atomic mass is 10.1. The van der Waals surface area contributed by atoms with E-state index >= 15 is 0 Å². The lowest BCUT2D eigenvalue weighted by Gasteiger charge is -2.18. The molecular weight excluding hydrogens is 296 g/mol. The van der Waals surface area contributed by atoms with E-state index < -0.39 is 0 Å². The predicted molar refractivity (Wildman–Crippen MR) is 83.1 cm³/mol. The molecule has 1 aliphatic rings. The first kappa shape index (κ1) is 15.0. The number of hydrogen-bond donors (Lipinski definition) is 3. The van der Waals surface area contributed by atoms with Gasteiger partial charge in [0.15, 0.2) is 0 Å². The normalized spacial score (nSPS) is 14.3. The number of nitrogens with two attached hydrogens (primary N) is 1. The number of benzene rings is 1. The highest BCUT2D eigenvalue weighted by Crippen LogP contribution is 2.17. The molecule has 8 heteroatoms. The molecule has 0 spiro atoms. The molecule has 1 fully saturated rings. The second-order valence-corrected chi connectivity index (χ2v) is 5.41. The van der Waals surface area contributed by atoms with Crippen LogP contribution in [-0.2, 0) is 17.9 Å². The number of H-pyrrole nitrogens is 1. The molecule has 0 radical (unpaired) electrons. The van der Waals surface area contributed by atoms with E-state index in [1.165, 1.54) is 0 Å². The van der Waals surface area contributed by atoms with E-state index in [1.807, 2.05) is 29.2 Å². The molecule has 1 aliphatic heterocycles. The molecule has 120 valence electrons. The molecule has 0 atom stereocenters. The summed E-state index contributed by atoms with van der Waals surface area (Å²) in [7, 11) is 0. The van der Waals surface area contributed by atoms with Crippen LogP contribution in [0.25, 0.3) is 0 Å². The van der Waals surface area contributed by atoms with E-state index in [-0.39, 0.29) is 23.6 Å². The third kappa shape index (κ3) is 3.47. The van der Waals surface area contributed by atoms with Gasteiger partial charge in [0.25, 0.3) is 5.91 Å². The van der Waals surface area contributed by atoms with Gasteiger partial charge in [-0.3, -0.25) is 14.7 Å². The third-order valence-corrected chi connectivity index (χ3v) is 3.81. The number of amides is 2. The number of anilines is 1. The Morgan fingerprint density at radius 3 is 2.78 bits per heavy atom. The van der Waals surface area contributed by atoms with Crippen LogP contribution in [-0.4, -0.2) is 38.4 Å². The largest absolute Gasteiger partial charge is 0.366 e. The van der Waals surface area contributed by atoms with Crippen LogP contribution >= 0.6 is 0 Å². The number of carbonyl (C=O) groups excluding carboxylic acids is 2. The third-order valence-electron chi connectivity index (χ3n) is 3.81. The van der Waals surface area contributed by atoms with Crippen molar-refractivity contribution in [2.75, 3.05) is 12.3 Å². The summed E-state index contributed by atoms with van der Waals surface area (Å²) in [4.78, 5) is 29.4. The van der Waals surface area contributed by atoms with E-state index in [1.54, 1.807) is 0 Å². The average molecular weight is 314 g/mol. The summed E-state index contributed by atoms with van der Waals surface area (Å²) >= 11 is 0. The monoisotopic (exact) mass is 314 g/mol. The van der Waals surface area contributed by atoms with Gasteiger partial charge in [-0.05, 0) is 17.5 Å². The quantitative estimate of drug-likeness (QED) is 0.740. The Balaban J connectivity index is 1.65. The highest BCUT2D eigenvalue weighted by Gasteiger charge is 2.21. The number of nitrogen functional groups attached to an aromatic ring is 1. The number of nitrogens with one attached hydrogen (secondary N) is 2. The summed E-state index contributed by atoms with van der Waals surface area (Å²) < 4.78 is 0. The lowest BCUT2D eigenvalue weighted by Crippen LogP contribution is -2.27. The van der Waals surface area contributed by atoms with Gasteiger partial charge in [-0.2, -0.15) is 4.98 Å². The Hall–Kier alpha value is -2.90. The standard InChI is InChI=1S/C15H18N6O2/c16-15-18-13(19-20-15)14(23)17-8-10-4-1-2-5-11(10)9-21-7-3-6-12(21)22/h1-2,4-5H,3,6-9H2,(H,17,23)(H3,16,18,19,20). The molecule has 0 bridgehead atoms. The van der Waals surface area contributed by atoms with Crippen molar-refractivity contribution in [2.24, 2.45) is 0 Å². The van der Waals surface area contributed by atoms with Gasteiger partial charge in [0.2, 0.25) is 17.7 Å². The van der Waals surface area contributed by atoms with E-state index in [9.17, 15) is 9.59 Å². The maximum atomic E-state index is 12.0. The smallest absolute Gasteiger partial charge is 0.288 e. The lowest BCUT2D eigenvalue weighted by molar-refractivity contribution is -0.128. The minimum absolute atomic E-state index is 0.0306. The van der Waals surface area contributed by atoms with Crippen molar-refractivity contribution in [1.82, 2.24) is 25.4 Å². The fourth-order valence-corrected chi connectivity index (χ4v) is 2.60. The first-order valence-electron chi connectivity index (χ1n) is 7.44. The zero-order valence-electron chi connectivity index (χ0n) is 12.6. The molecule has 8 nitrogen and oxygen atoms in total. The van der Waals surface area contributed by atoms with Crippen LogP contribution in [0.5, 0.6) is 0 Å². The number of likely N-dealkylation sites (tertiary alicyclic amines) is 1. The number of aromatic nitrogens is 3. The Morgan fingerprint density at radius 2 is 2.13 bits per heavy atom. The van der Waals surface area contributed by atoms with Gasteiger partial charge in [0, 0.05) is 26.1 Å². The molecule has 0 saturated carbocycles. The number of nitrogens with zero attached hydrogens (tertiary/aromatic N) is 3. The topological polar surface area (TPSA) is 117 Å². The number of rotatable bonds is 5. The van der Waals surface area contributed by atoms with Crippen molar-refractivity contribution in [1.29, 1.82) is 0 Å². The summed E-state index contributed by atoms with van der Waals surface area (Å²) in [6.45, 7) is 1.70. The average Bonchev–Trinajstić information content (AvgIpc) is 3.15. The zero-order chi connectivity index (χ0) is 16.2. The van der Waals surface area contributed by atoms with Crippen LogP contribution < -0.4 is 11.1 Å². The zero-order valence-corrected chi connectivity index (χ0v) is 12.6. The summed E-state index contributed by atoms with van der Waals surface area (Å²) in [6.07, 6.45) is 1.52. The van der Waals surface area contributed by atoms with Gasteiger partial charge in [0.1, 0.15) is 0 Å². The molecule has 1 aromatic heterocycles. The fraction of sp³-hybridized carbons (Fsp3) is 0.333. The molecule has 23 heavy (non-hydrogen) atoms. The van der Waals surface area contributed by atoms with Crippen LogP contribution in [0.3, 0.4) is 0 Å². The minimum Gasteiger partial charge on any atom is -0.366 e. The van der Waals surface area contributed by atoms with Crippen LogP contribution in [0.2, 0.25) is 0 Å². The molecule has 0 aliphatic carbocycles. The van der Waals surface area contributed by atoms with Crippen molar-refractivity contribution >= 4 is 17.8 Å². The molecule has 1 aromatic carbocycles. The van der Waals surface area contributed by atoms with E-state index in [0.29, 0.717) is 19.5 Å². The minimum atomic E-state index is -0.374. The van der Waals surface area contributed by atoms with E-state index in [4.69, 9.17) is 5.73 Å². The fourth-order valence-electron chi connectivity index (χ4n) is 2.60. The van der Waals surface area contributed by atoms with Gasteiger partial charge in [-0.15, -0.1) is 5.10 Å². The van der Waals surface area contributed by atoms with Gasteiger partial charge in [0.05, 0.1) is 0 Å². The summed E-state index contributed by atoms with van der Waals surface area (Å²) in [5.74, 6) is -0.0833. The molecule has 2 amide bonds. The Labute approximate surface area is 133 Å². The first-order valence-corrected chi connectivity index (χ1v) is 7.44. The molecule has 4 N–H and O–H groups in total. The number of hydrogen-bond acceptors (Lipinski definition) is 5. The summed E-state index contributed by atoms with van der Waals surface area (Å²) in [5.41, 5.74) is 7.37. The maximum absolute atomic E-state index is 12.0. The number of aromatic amines is 1. The van der Waals surface area contributed by atoms with Gasteiger partial charge in [-0.1, -0.05) is 24.3 Å². The van der Waals surface area contributed by atoms with E-state index in [0.717, 1.165) is 24.1 Å². The van der Waals surface area contributed by atoms with E-state index in [2.05, 4.69) is 20.5 Å². The molecule has 2 aromatic rings. The first-order chi connectivity index (χ1) is 11.1. The Bertz CT molecular complexity index is 726.